The zero-order valence-electron chi connectivity index (χ0n) is 11.2. The van der Waals surface area contributed by atoms with Crippen LogP contribution in [0.3, 0.4) is 0 Å². The Hall–Kier alpha value is -1.31. The van der Waals surface area contributed by atoms with Gasteiger partial charge >= 0.3 is 0 Å². The molecule has 0 fully saturated rings. The molecule has 0 bridgehead atoms. The third kappa shape index (κ3) is 3.32. The van der Waals surface area contributed by atoms with Crippen LogP contribution in [0.15, 0.2) is 29.3 Å². The van der Waals surface area contributed by atoms with Gasteiger partial charge in [0.05, 0.1) is 11.6 Å². The highest BCUT2D eigenvalue weighted by atomic mass is 16.5. The molecule has 0 radical (unpaired) electrons. The molecule has 17 heavy (non-hydrogen) atoms. The minimum Gasteiger partial charge on any atom is -0.478 e. The lowest BCUT2D eigenvalue weighted by atomic mass is 9.96. The summed E-state index contributed by atoms with van der Waals surface area (Å²) in [4.78, 5) is 4.68. The van der Waals surface area contributed by atoms with Crippen LogP contribution < -0.4 is 0 Å². The summed E-state index contributed by atoms with van der Waals surface area (Å²) in [5.41, 5.74) is 2.56. The van der Waals surface area contributed by atoms with Crippen molar-refractivity contribution < 1.29 is 4.74 Å². The smallest absolute Gasteiger partial charge is 0.188 e. The average molecular weight is 231 g/mol. The molecule has 2 nitrogen and oxygen atoms in total. The molecule has 1 heterocycles. The van der Waals surface area contributed by atoms with Gasteiger partial charge < -0.3 is 4.74 Å². The number of ether oxygens (including phenoxy) is 1. The maximum atomic E-state index is 5.81. The highest BCUT2D eigenvalue weighted by Gasteiger charge is 2.27. The van der Waals surface area contributed by atoms with Crippen molar-refractivity contribution in [2.75, 3.05) is 0 Å². The highest BCUT2D eigenvalue weighted by molar-refractivity contribution is 5.79. The molecule has 0 aliphatic carbocycles. The number of hydrogen-bond acceptors (Lipinski definition) is 2. The average Bonchev–Trinajstić information content (AvgIpc) is 2.18. The van der Waals surface area contributed by atoms with E-state index in [1.165, 1.54) is 11.1 Å². The second-order valence-corrected chi connectivity index (χ2v) is 5.61. The molecule has 2 heteroatoms. The van der Waals surface area contributed by atoms with E-state index in [4.69, 9.17) is 4.74 Å². The minimum atomic E-state index is 0.0116. The Kier molecular flexibility index (Phi) is 3.23. The molecule has 1 aliphatic heterocycles. The van der Waals surface area contributed by atoms with Gasteiger partial charge in [0, 0.05) is 12.8 Å². The zero-order valence-corrected chi connectivity index (χ0v) is 11.2. The molecule has 0 saturated carbocycles. The van der Waals surface area contributed by atoms with Crippen molar-refractivity contribution in [2.24, 2.45) is 4.99 Å². The van der Waals surface area contributed by atoms with Crippen molar-refractivity contribution in [3.8, 4) is 0 Å². The molecule has 1 aromatic carbocycles. The fourth-order valence-electron chi connectivity index (χ4n) is 2.35. The normalized spacial score (nSPS) is 22.8. The van der Waals surface area contributed by atoms with Crippen molar-refractivity contribution in [2.45, 2.75) is 52.2 Å². The summed E-state index contributed by atoms with van der Waals surface area (Å²) in [6.45, 7) is 8.55. The minimum absolute atomic E-state index is 0.0116. The van der Waals surface area contributed by atoms with E-state index >= 15 is 0 Å². The van der Waals surface area contributed by atoms with Crippen molar-refractivity contribution in [3.63, 3.8) is 0 Å². The quantitative estimate of drug-likeness (QED) is 0.763. The standard InChI is InChI=1S/C15H21NO/c1-11-5-7-13(8-6-11)9-14-16-15(3,4)10-12(2)17-14/h5-8,12H,9-10H2,1-4H3. The summed E-state index contributed by atoms with van der Waals surface area (Å²) in [5, 5.41) is 0. The predicted molar refractivity (Wildman–Crippen MR) is 71.6 cm³/mol. The van der Waals surface area contributed by atoms with E-state index in [0.29, 0.717) is 0 Å². The predicted octanol–water partition coefficient (Wildman–Crippen LogP) is 3.52. The van der Waals surface area contributed by atoms with Gasteiger partial charge in [0.2, 0.25) is 0 Å². The van der Waals surface area contributed by atoms with Crippen LogP contribution in [0, 0.1) is 6.92 Å². The van der Waals surface area contributed by atoms with Crippen LogP contribution >= 0.6 is 0 Å². The van der Waals surface area contributed by atoms with E-state index in [2.05, 4.69) is 57.0 Å². The second-order valence-electron chi connectivity index (χ2n) is 5.61. The van der Waals surface area contributed by atoms with Gasteiger partial charge in [-0.2, -0.15) is 0 Å². The molecule has 1 atom stereocenters. The summed E-state index contributed by atoms with van der Waals surface area (Å²) in [5.74, 6) is 0.873. The van der Waals surface area contributed by atoms with E-state index in [-0.39, 0.29) is 11.6 Å². The van der Waals surface area contributed by atoms with Crippen LogP contribution in [0.1, 0.15) is 38.3 Å². The number of benzene rings is 1. The van der Waals surface area contributed by atoms with Crippen molar-refractivity contribution >= 4 is 5.90 Å². The summed E-state index contributed by atoms with van der Waals surface area (Å²) in [6.07, 6.45) is 2.06. The molecule has 0 N–H and O–H groups in total. The maximum Gasteiger partial charge on any atom is 0.188 e. The highest BCUT2D eigenvalue weighted by Crippen LogP contribution is 2.24. The zero-order chi connectivity index (χ0) is 12.5. The first-order valence-corrected chi connectivity index (χ1v) is 6.25. The molecular formula is C15H21NO. The molecule has 1 aliphatic rings. The van der Waals surface area contributed by atoms with Gasteiger partial charge in [0.25, 0.3) is 0 Å². The van der Waals surface area contributed by atoms with Gasteiger partial charge in [0.1, 0.15) is 0 Å². The summed E-state index contributed by atoms with van der Waals surface area (Å²) >= 11 is 0. The third-order valence-electron chi connectivity index (χ3n) is 3.03. The third-order valence-corrected chi connectivity index (χ3v) is 3.03. The SMILES string of the molecule is Cc1ccc(CC2=NC(C)(C)CC(C)O2)cc1. The first-order valence-electron chi connectivity index (χ1n) is 6.25. The molecule has 0 spiro atoms. The number of aliphatic imine (C=N–C) groups is 1. The summed E-state index contributed by atoms with van der Waals surface area (Å²) in [6, 6.07) is 8.56. The Morgan fingerprint density at radius 2 is 1.94 bits per heavy atom. The van der Waals surface area contributed by atoms with Gasteiger partial charge in [-0.3, -0.25) is 0 Å². The van der Waals surface area contributed by atoms with E-state index < -0.39 is 0 Å². The Morgan fingerprint density at radius 3 is 2.53 bits per heavy atom. The maximum absolute atomic E-state index is 5.81. The van der Waals surface area contributed by atoms with Crippen LogP contribution in [0.2, 0.25) is 0 Å². The largest absolute Gasteiger partial charge is 0.478 e. The number of nitrogens with zero attached hydrogens (tertiary/aromatic N) is 1. The van der Waals surface area contributed by atoms with Crippen LogP contribution in [0.25, 0.3) is 0 Å². The molecule has 0 saturated heterocycles. The van der Waals surface area contributed by atoms with Crippen molar-refractivity contribution in [1.29, 1.82) is 0 Å². The Balaban J connectivity index is 2.13. The number of aryl methyl sites for hydroxylation is 1. The van der Waals surface area contributed by atoms with Crippen LogP contribution in [0.5, 0.6) is 0 Å². The molecule has 92 valence electrons. The first-order chi connectivity index (χ1) is 7.94. The Morgan fingerprint density at radius 1 is 1.29 bits per heavy atom. The fraction of sp³-hybridized carbons (Fsp3) is 0.533. The van der Waals surface area contributed by atoms with Crippen LogP contribution in [-0.4, -0.2) is 17.5 Å². The van der Waals surface area contributed by atoms with Crippen molar-refractivity contribution in [3.05, 3.63) is 35.4 Å². The summed E-state index contributed by atoms with van der Waals surface area (Å²) < 4.78 is 5.81. The molecule has 1 aromatic rings. The lowest BCUT2D eigenvalue weighted by Crippen LogP contribution is -2.34. The van der Waals surface area contributed by atoms with Gasteiger partial charge in [-0.05, 0) is 33.3 Å². The lowest BCUT2D eigenvalue weighted by Gasteiger charge is -2.31. The van der Waals surface area contributed by atoms with Gasteiger partial charge in [-0.15, -0.1) is 0 Å². The molecule has 1 unspecified atom stereocenters. The Bertz CT molecular complexity index is 417. The van der Waals surface area contributed by atoms with Crippen molar-refractivity contribution in [1.82, 2.24) is 0 Å². The van der Waals surface area contributed by atoms with Gasteiger partial charge in [-0.25, -0.2) is 4.99 Å². The van der Waals surface area contributed by atoms with E-state index in [9.17, 15) is 0 Å². The van der Waals surface area contributed by atoms with Crippen LogP contribution in [0.4, 0.5) is 0 Å². The summed E-state index contributed by atoms with van der Waals surface area (Å²) in [7, 11) is 0. The molecular weight excluding hydrogens is 210 g/mol. The van der Waals surface area contributed by atoms with E-state index in [0.717, 1.165) is 18.7 Å². The van der Waals surface area contributed by atoms with Crippen LogP contribution in [-0.2, 0) is 11.2 Å². The van der Waals surface area contributed by atoms with Gasteiger partial charge in [0.15, 0.2) is 5.90 Å². The number of rotatable bonds is 2. The van der Waals surface area contributed by atoms with E-state index in [1.807, 2.05) is 0 Å². The molecule has 0 aromatic heterocycles. The van der Waals surface area contributed by atoms with Gasteiger partial charge in [-0.1, -0.05) is 29.8 Å². The number of hydrogen-bond donors (Lipinski definition) is 0. The van der Waals surface area contributed by atoms with E-state index in [1.54, 1.807) is 0 Å². The Labute approximate surface area is 104 Å². The topological polar surface area (TPSA) is 21.6 Å². The lowest BCUT2D eigenvalue weighted by molar-refractivity contribution is 0.141. The second kappa shape index (κ2) is 4.52. The molecule has 0 amide bonds. The fourth-order valence-corrected chi connectivity index (χ4v) is 2.35. The molecule has 2 rings (SSSR count). The first kappa shape index (κ1) is 12.2. The monoisotopic (exact) mass is 231 g/mol.